The van der Waals surface area contributed by atoms with Crippen molar-refractivity contribution >= 4 is 97.8 Å². The molecule has 0 fully saturated rings. The van der Waals surface area contributed by atoms with Crippen LogP contribution in [0.3, 0.4) is 0 Å². The van der Waals surface area contributed by atoms with Gasteiger partial charge >= 0.3 is 18.3 Å². The number of nitrogen functional groups attached to an aromatic ring is 4. The molecule has 20 nitrogen and oxygen atoms in total. The number of carboxylic acid groups (broad SMARTS) is 1. The fourth-order valence-electron chi connectivity index (χ4n) is 10.4. The smallest absolute Gasteiger partial charge is 0.373 e. The minimum Gasteiger partial charge on any atom is -0.497 e. The van der Waals surface area contributed by atoms with Gasteiger partial charge in [0, 0.05) is 52.1 Å². The molecule has 12 rings (SSSR count). The Kier molecular flexibility index (Phi) is 22.1. The average molecular weight is 1260 g/mol. The Morgan fingerprint density at radius 3 is 1.28 bits per heavy atom. The first-order valence-electron chi connectivity index (χ1n) is 28.3. The molecule has 0 aliphatic rings. The van der Waals surface area contributed by atoms with Gasteiger partial charge in [0.2, 0.25) is 17.3 Å². The van der Waals surface area contributed by atoms with Crippen molar-refractivity contribution in [3.05, 3.63) is 277 Å². The molecule has 4 aromatic carbocycles. The number of halogens is 1. The molecule has 0 amide bonds. The van der Waals surface area contributed by atoms with E-state index in [2.05, 4.69) is 6.07 Å². The van der Waals surface area contributed by atoms with Crippen molar-refractivity contribution in [3.8, 4) is 11.8 Å². The molecule has 8 aromatic heterocycles. The minimum atomic E-state index is -0.990. The molecule has 0 radical (unpaired) electrons. The van der Waals surface area contributed by atoms with Gasteiger partial charge in [0.25, 0.3) is 0 Å². The molecular formula is C72H62ClN9O11. The molecule has 9 N–H and O–H groups in total. The summed E-state index contributed by atoms with van der Waals surface area (Å²) in [6.45, 7) is 11.7. The van der Waals surface area contributed by atoms with Crippen molar-refractivity contribution in [2.45, 2.75) is 48.0 Å². The lowest BCUT2D eigenvalue weighted by Gasteiger charge is -2.06. The van der Waals surface area contributed by atoms with E-state index in [-0.39, 0.29) is 53.2 Å². The highest BCUT2D eigenvalue weighted by Gasteiger charge is 2.26. The first-order valence-corrected chi connectivity index (χ1v) is 28.7. The molecule has 0 spiro atoms. The van der Waals surface area contributed by atoms with Crippen LogP contribution in [-0.4, -0.2) is 71.2 Å². The van der Waals surface area contributed by atoms with E-state index in [1.807, 2.05) is 129 Å². The number of rotatable bonds is 11. The van der Waals surface area contributed by atoms with Crippen LogP contribution in [0.2, 0.25) is 5.02 Å². The van der Waals surface area contributed by atoms with Crippen molar-refractivity contribution in [1.82, 2.24) is 17.6 Å². The van der Waals surface area contributed by atoms with Gasteiger partial charge in [-0.05, 0) is 148 Å². The summed E-state index contributed by atoms with van der Waals surface area (Å²) >= 11 is 5.97. The van der Waals surface area contributed by atoms with Crippen molar-refractivity contribution < 1.29 is 53.0 Å². The van der Waals surface area contributed by atoms with E-state index in [9.17, 15) is 29.2 Å². The number of nitrogens with zero attached hydrogens (tertiary/aromatic N) is 5. The summed E-state index contributed by atoms with van der Waals surface area (Å²) in [5, 5.41) is 19.0. The van der Waals surface area contributed by atoms with E-state index < -0.39 is 5.97 Å². The highest BCUT2D eigenvalue weighted by molar-refractivity contribution is 6.31. The third-order valence-electron chi connectivity index (χ3n) is 15.0. The zero-order valence-electron chi connectivity index (χ0n) is 51.5. The molecular weight excluding hydrogens is 1200 g/mol. The number of fused-ring (bicyclic) bond motifs is 4. The van der Waals surface area contributed by atoms with Crippen molar-refractivity contribution in [2.75, 3.05) is 30.0 Å². The number of pyridine rings is 4. The Labute approximate surface area is 538 Å². The van der Waals surface area contributed by atoms with E-state index in [1.54, 1.807) is 119 Å². The van der Waals surface area contributed by atoms with Crippen LogP contribution in [0, 0.1) is 52.9 Å². The van der Waals surface area contributed by atoms with Gasteiger partial charge in [-0.15, -0.1) is 0 Å². The van der Waals surface area contributed by atoms with Crippen LogP contribution in [0.1, 0.15) is 109 Å². The van der Waals surface area contributed by atoms with Gasteiger partial charge in [-0.2, -0.15) is 24.4 Å². The lowest BCUT2D eigenvalue weighted by Crippen LogP contribution is -2.08. The molecule has 0 aliphatic heterocycles. The third kappa shape index (κ3) is 14.9. The molecule has 0 aliphatic carbocycles. The number of nitrogens with two attached hydrogens (primary N) is 4. The van der Waals surface area contributed by atoms with Crippen LogP contribution in [0.4, 0.5) is 22.7 Å². The van der Waals surface area contributed by atoms with Crippen LogP contribution >= 0.6 is 11.6 Å². The maximum atomic E-state index is 12.9. The average Bonchev–Trinajstić information content (AvgIpc) is 1.65. The number of ether oxygens (including phenoxy) is 1. The van der Waals surface area contributed by atoms with Gasteiger partial charge < -0.3 is 50.4 Å². The predicted molar refractivity (Wildman–Crippen MR) is 353 cm³/mol. The molecule has 93 heavy (non-hydrogen) atoms. The lowest BCUT2D eigenvalue weighted by molar-refractivity contribution is -0.193. The second-order valence-corrected chi connectivity index (χ2v) is 21.6. The van der Waals surface area contributed by atoms with Gasteiger partial charge in [-0.25, -0.2) is 0 Å². The number of hydrogen-bond acceptors (Lipinski definition) is 15. The summed E-state index contributed by atoms with van der Waals surface area (Å²) in [6, 6.07) is 49.3. The number of anilines is 4. The zero-order chi connectivity index (χ0) is 68.0. The number of nitriles is 1. The second kappa shape index (κ2) is 30.2. The Bertz CT molecular complexity index is 4950. The number of aromatic nitrogens is 4. The third-order valence-corrected chi connectivity index (χ3v) is 15.2. The Balaban J connectivity index is 0.000000171. The number of carboxylic acids is 1. The van der Waals surface area contributed by atoms with E-state index in [1.165, 1.54) is 0 Å². The van der Waals surface area contributed by atoms with Gasteiger partial charge in [0.1, 0.15) is 34.5 Å². The van der Waals surface area contributed by atoms with Gasteiger partial charge in [-0.1, -0.05) is 96.5 Å². The predicted octanol–water partition coefficient (Wildman–Crippen LogP) is 11.9. The summed E-state index contributed by atoms with van der Waals surface area (Å²) in [6.07, 6.45) is 7.56. The van der Waals surface area contributed by atoms with E-state index in [0.717, 1.165) is 44.4 Å². The SMILES string of the molecule is COc1cccc(C(=O)c2c(N)c(C)c3cc(C)ccn23)c1.Cc1ccn2c(C(=O)c3cccc(Cl)c3)c(N)c(C)c2c1.Cc1ccn2c(C(=O)c3ccccc3)c(N)c(C#N)c2c1.Cc1ccn2c(CC(=O)O)c(N)c(C(=O)c3ccccc3)c2c1.O=C=O.O=C=O. The number of carbonyl (C=O) groups excluding carboxylic acids is 8. The Morgan fingerprint density at radius 1 is 0.462 bits per heavy atom. The highest BCUT2D eigenvalue weighted by atomic mass is 35.5. The monoisotopic (exact) mass is 1260 g/mol. The molecule has 0 unspecified atom stereocenters. The molecule has 0 saturated carbocycles. The zero-order valence-corrected chi connectivity index (χ0v) is 52.2. The number of methoxy groups -OCH3 is 1. The number of aryl methyl sites for hydroxylation is 6. The van der Waals surface area contributed by atoms with Crippen LogP contribution < -0.4 is 27.7 Å². The maximum absolute atomic E-state index is 12.9. The second-order valence-electron chi connectivity index (χ2n) is 21.1. The molecule has 0 saturated heterocycles. The van der Waals surface area contributed by atoms with Crippen LogP contribution in [-0.2, 0) is 30.4 Å². The number of hydrogen-bond donors (Lipinski definition) is 5. The van der Waals surface area contributed by atoms with E-state index in [0.29, 0.717) is 89.3 Å². The maximum Gasteiger partial charge on any atom is 0.373 e. The largest absolute Gasteiger partial charge is 0.497 e. The first kappa shape index (κ1) is 68.1. The molecule has 12 aromatic rings. The van der Waals surface area contributed by atoms with Crippen molar-refractivity contribution in [3.63, 3.8) is 0 Å². The van der Waals surface area contributed by atoms with Crippen molar-refractivity contribution in [1.29, 1.82) is 5.26 Å². The quantitative estimate of drug-likeness (QED) is 0.0751. The summed E-state index contributed by atoms with van der Waals surface area (Å²) in [5.74, 6) is -0.963. The van der Waals surface area contributed by atoms with Crippen LogP contribution in [0.5, 0.6) is 5.75 Å². The molecule has 0 bridgehead atoms. The van der Waals surface area contributed by atoms with Gasteiger partial charge in [-0.3, -0.25) is 24.0 Å². The van der Waals surface area contributed by atoms with Gasteiger partial charge in [0.15, 0.2) is 5.78 Å². The molecule has 21 heteroatoms. The number of carbonyl (C=O) groups is 5. The summed E-state index contributed by atoms with van der Waals surface area (Å²) in [5.41, 5.74) is 40.0. The number of ketones is 4. The van der Waals surface area contributed by atoms with Crippen molar-refractivity contribution in [2.24, 2.45) is 0 Å². The van der Waals surface area contributed by atoms with Crippen LogP contribution in [0.15, 0.2) is 183 Å². The highest BCUT2D eigenvalue weighted by Crippen LogP contribution is 2.33. The molecule has 468 valence electrons. The standard InChI is InChI=1S/C18H16N2O3.C18H18N2O2.C17H15ClN2O.C17H13N3O.2CO2/c1-11-7-8-20-13(9-11)16(17(19)14(20)10-15(21)22)18(23)12-5-3-2-4-6-12;1-11-7-8-20-15(9-11)12(2)16(19)17(20)18(21)13-5-4-6-14(10-13)22-3;1-10-6-7-20-14(8-10)11(2)15(19)16(20)17(21)12-4-3-5-13(18)9-12;1-11-7-8-20-14(9-11)13(10-18)15(19)16(20)17(21)12-5-3-2-4-6-12;2*2-1-3/h2-9H,10,19H2,1H3,(H,21,22);4-10H,19H2,1-3H3;3-9H,19H2,1-2H3;2-9H,19H2,1H3;;. The number of benzene rings is 4. The Morgan fingerprint density at radius 2 is 0.839 bits per heavy atom. The van der Waals surface area contributed by atoms with Crippen LogP contribution in [0.25, 0.3) is 22.1 Å². The first-order chi connectivity index (χ1) is 44.5. The lowest BCUT2D eigenvalue weighted by atomic mass is 10.0. The molecule has 0 atom stereocenters. The van der Waals surface area contributed by atoms with E-state index >= 15 is 0 Å². The molecule has 8 heterocycles. The summed E-state index contributed by atoms with van der Waals surface area (Å²) in [7, 11) is 1.58. The normalized spacial score (nSPS) is 10.3. The summed E-state index contributed by atoms with van der Waals surface area (Å²) in [4.78, 5) is 94.8. The fraction of sp³-hybridized carbons (Fsp3) is 0.111. The summed E-state index contributed by atoms with van der Waals surface area (Å²) < 4.78 is 12.3. The topological polar surface area (TPSA) is 329 Å². The number of aliphatic carboxylic acids is 1. The Hall–Kier alpha value is -12.4. The fourth-order valence-corrected chi connectivity index (χ4v) is 10.6. The van der Waals surface area contributed by atoms with E-state index in [4.69, 9.17) is 63.6 Å². The minimum absolute atomic E-state index is 0.108. The van der Waals surface area contributed by atoms with Gasteiger partial charge in [0.05, 0.1) is 69.6 Å².